The maximum Gasteiger partial charge on any atom is 0.271 e. The first kappa shape index (κ1) is 16.2. The van der Waals surface area contributed by atoms with E-state index in [0.29, 0.717) is 18.7 Å². The lowest BCUT2D eigenvalue weighted by molar-refractivity contribution is 0.0996. The Morgan fingerprint density at radius 2 is 2.14 bits per heavy atom. The molecule has 0 aliphatic heterocycles. The first-order valence-electron chi connectivity index (χ1n) is 6.97. The smallest absolute Gasteiger partial charge is 0.271 e. The van der Waals surface area contributed by atoms with Gasteiger partial charge in [-0.05, 0) is 37.1 Å². The number of aromatic nitrogens is 2. The van der Waals surface area contributed by atoms with Gasteiger partial charge >= 0.3 is 0 Å². The second-order valence-corrected chi connectivity index (χ2v) is 5.10. The molecule has 6 nitrogen and oxygen atoms in total. The maximum absolute atomic E-state index is 11.6. The molecule has 1 aromatic carbocycles. The van der Waals surface area contributed by atoms with Gasteiger partial charge in [0, 0.05) is 5.69 Å². The van der Waals surface area contributed by atoms with Gasteiger partial charge < -0.3 is 16.8 Å². The number of hydrogen-bond donors (Lipinski definition) is 3. The van der Waals surface area contributed by atoms with Gasteiger partial charge in [0.15, 0.2) is 16.7 Å². The lowest BCUT2D eigenvalue weighted by Crippen LogP contribution is -2.18. The molecule has 2 rings (SSSR count). The fraction of sp³-hybridized carbons (Fsp3) is 0.267. The number of hydrogen-bond acceptors (Lipinski definition) is 5. The average molecular weight is 320 g/mol. The number of halogens is 1. The second-order valence-electron chi connectivity index (χ2n) is 4.74. The summed E-state index contributed by atoms with van der Waals surface area (Å²) in [5.41, 5.74) is 13.4. The number of carbonyl (C=O) groups excluding carboxylic acids is 1. The van der Waals surface area contributed by atoms with Crippen molar-refractivity contribution in [2.75, 3.05) is 11.9 Å². The van der Waals surface area contributed by atoms with Gasteiger partial charge in [-0.25, -0.2) is 9.97 Å². The minimum Gasteiger partial charge on any atom is -0.364 e. The van der Waals surface area contributed by atoms with Crippen LogP contribution in [-0.2, 0) is 12.8 Å². The first-order chi connectivity index (χ1) is 10.5. The maximum atomic E-state index is 11.6. The number of benzene rings is 1. The number of anilines is 2. The Labute approximate surface area is 133 Å². The molecular weight excluding hydrogens is 302 g/mol. The summed E-state index contributed by atoms with van der Waals surface area (Å²) < 4.78 is 0. The van der Waals surface area contributed by atoms with Gasteiger partial charge in [0.1, 0.15) is 0 Å². The van der Waals surface area contributed by atoms with E-state index in [4.69, 9.17) is 23.1 Å². The van der Waals surface area contributed by atoms with E-state index >= 15 is 0 Å². The van der Waals surface area contributed by atoms with Crippen molar-refractivity contribution < 1.29 is 4.79 Å². The van der Waals surface area contributed by atoms with E-state index in [9.17, 15) is 4.79 Å². The molecule has 0 atom stereocenters. The molecule has 1 heterocycles. The van der Waals surface area contributed by atoms with E-state index in [-0.39, 0.29) is 16.7 Å². The van der Waals surface area contributed by atoms with Gasteiger partial charge in [-0.3, -0.25) is 4.79 Å². The molecule has 0 saturated heterocycles. The van der Waals surface area contributed by atoms with Crippen LogP contribution < -0.4 is 16.8 Å². The van der Waals surface area contributed by atoms with Crippen molar-refractivity contribution in [3.05, 3.63) is 46.4 Å². The molecule has 0 bridgehead atoms. The third kappa shape index (κ3) is 3.72. The van der Waals surface area contributed by atoms with Crippen molar-refractivity contribution in [3.8, 4) is 0 Å². The van der Waals surface area contributed by atoms with Crippen LogP contribution in [0, 0.1) is 0 Å². The van der Waals surface area contributed by atoms with Crippen molar-refractivity contribution in [2.24, 2.45) is 11.5 Å². The standard InChI is InChI=1S/C15H18ClN5O/c1-2-11-13(16)21-15(12(20-11)14(18)22)19-10-5-3-4-9(8-10)6-7-17/h3-5,8H,2,6-7,17H2,1H3,(H2,18,22)(H,19,21). The number of amides is 1. The number of nitrogens with one attached hydrogen (secondary N) is 1. The summed E-state index contributed by atoms with van der Waals surface area (Å²) in [6.45, 7) is 2.44. The Hall–Kier alpha value is -2.18. The average Bonchev–Trinajstić information content (AvgIpc) is 2.48. The summed E-state index contributed by atoms with van der Waals surface area (Å²) >= 11 is 6.07. The van der Waals surface area contributed by atoms with Crippen molar-refractivity contribution in [3.63, 3.8) is 0 Å². The molecular formula is C15H18ClN5O. The minimum absolute atomic E-state index is 0.0745. The van der Waals surface area contributed by atoms with Gasteiger partial charge in [0.2, 0.25) is 0 Å². The van der Waals surface area contributed by atoms with E-state index in [0.717, 1.165) is 17.7 Å². The molecule has 1 aromatic heterocycles. The molecule has 116 valence electrons. The monoisotopic (exact) mass is 319 g/mol. The summed E-state index contributed by atoms with van der Waals surface area (Å²) in [6.07, 6.45) is 1.33. The molecule has 0 aliphatic carbocycles. The van der Waals surface area contributed by atoms with Crippen molar-refractivity contribution >= 4 is 29.0 Å². The van der Waals surface area contributed by atoms with Gasteiger partial charge in [-0.2, -0.15) is 0 Å². The van der Waals surface area contributed by atoms with Gasteiger partial charge in [-0.15, -0.1) is 0 Å². The summed E-state index contributed by atoms with van der Waals surface area (Å²) in [5.74, 6) is -0.404. The SMILES string of the molecule is CCc1nc(C(N)=O)c(Nc2cccc(CCN)c2)nc1Cl. The van der Waals surface area contributed by atoms with Gasteiger partial charge in [-0.1, -0.05) is 30.7 Å². The largest absolute Gasteiger partial charge is 0.364 e. The quantitative estimate of drug-likeness (QED) is 0.755. The molecule has 2 aromatic rings. The van der Waals surface area contributed by atoms with Gasteiger partial charge in [0.05, 0.1) is 5.69 Å². The second kappa shape index (κ2) is 7.20. The number of nitrogens with two attached hydrogens (primary N) is 2. The predicted octanol–water partition coefficient (Wildman–Crippen LogP) is 2.04. The third-order valence-corrected chi connectivity index (χ3v) is 3.41. The molecule has 7 heteroatoms. The fourth-order valence-corrected chi connectivity index (χ4v) is 2.30. The Morgan fingerprint density at radius 1 is 1.36 bits per heavy atom. The highest BCUT2D eigenvalue weighted by molar-refractivity contribution is 6.30. The lowest BCUT2D eigenvalue weighted by atomic mass is 10.1. The molecule has 0 fully saturated rings. The molecule has 22 heavy (non-hydrogen) atoms. The Bertz CT molecular complexity index is 690. The van der Waals surface area contributed by atoms with Crippen LogP contribution >= 0.6 is 11.6 Å². The van der Waals surface area contributed by atoms with Crippen LogP contribution in [0.25, 0.3) is 0 Å². The number of primary amides is 1. The number of aryl methyl sites for hydroxylation is 1. The zero-order valence-corrected chi connectivity index (χ0v) is 13.0. The van der Waals surface area contributed by atoms with E-state index in [1.165, 1.54) is 0 Å². The summed E-state index contributed by atoms with van der Waals surface area (Å²) in [5, 5.41) is 3.30. The zero-order valence-electron chi connectivity index (χ0n) is 12.3. The van der Waals surface area contributed by atoms with Crippen LogP contribution in [0.5, 0.6) is 0 Å². The summed E-state index contributed by atoms with van der Waals surface area (Å²) in [7, 11) is 0. The van der Waals surface area contributed by atoms with Crippen LogP contribution in [0.4, 0.5) is 11.5 Å². The number of rotatable bonds is 6. The molecule has 0 spiro atoms. The summed E-state index contributed by atoms with van der Waals surface area (Å²) in [4.78, 5) is 20.0. The first-order valence-corrected chi connectivity index (χ1v) is 7.35. The van der Waals surface area contributed by atoms with E-state index in [1.54, 1.807) is 0 Å². The highest BCUT2D eigenvalue weighted by Crippen LogP contribution is 2.22. The van der Waals surface area contributed by atoms with E-state index < -0.39 is 5.91 Å². The molecule has 0 saturated carbocycles. The lowest BCUT2D eigenvalue weighted by Gasteiger charge is -2.12. The van der Waals surface area contributed by atoms with Crippen molar-refractivity contribution in [1.29, 1.82) is 0 Å². The van der Waals surface area contributed by atoms with Crippen LogP contribution in [0.3, 0.4) is 0 Å². The molecule has 0 radical (unpaired) electrons. The van der Waals surface area contributed by atoms with E-state index in [1.807, 2.05) is 31.2 Å². The molecule has 0 aliphatic rings. The number of nitrogens with zero attached hydrogens (tertiary/aromatic N) is 2. The van der Waals surface area contributed by atoms with Crippen LogP contribution in [0.15, 0.2) is 24.3 Å². The van der Waals surface area contributed by atoms with Crippen molar-refractivity contribution in [1.82, 2.24) is 9.97 Å². The normalized spacial score (nSPS) is 10.5. The Balaban J connectivity index is 2.38. The predicted molar refractivity (Wildman–Crippen MR) is 87.4 cm³/mol. The van der Waals surface area contributed by atoms with Crippen LogP contribution in [0.2, 0.25) is 5.15 Å². The molecule has 5 N–H and O–H groups in total. The summed E-state index contributed by atoms with van der Waals surface area (Å²) in [6, 6.07) is 7.66. The Morgan fingerprint density at radius 3 is 2.77 bits per heavy atom. The zero-order chi connectivity index (χ0) is 16.1. The highest BCUT2D eigenvalue weighted by atomic mass is 35.5. The number of carbonyl (C=O) groups is 1. The topological polar surface area (TPSA) is 107 Å². The van der Waals surface area contributed by atoms with Crippen LogP contribution in [-0.4, -0.2) is 22.4 Å². The Kier molecular flexibility index (Phi) is 5.30. The van der Waals surface area contributed by atoms with E-state index in [2.05, 4.69) is 15.3 Å². The highest BCUT2D eigenvalue weighted by Gasteiger charge is 2.16. The van der Waals surface area contributed by atoms with Crippen molar-refractivity contribution in [2.45, 2.75) is 19.8 Å². The van der Waals surface area contributed by atoms with Crippen LogP contribution in [0.1, 0.15) is 28.7 Å². The fourth-order valence-electron chi connectivity index (χ4n) is 2.04. The third-order valence-electron chi connectivity index (χ3n) is 3.11. The minimum atomic E-state index is -0.653. The van der Waals surface area contributed by atoms with Gasteiger partial charge in [0.25, 0.3) is 5.91 Å². The molecule has 0 unspecified atom stereocenters. The molecule has 1 amide bonds.